The highest BCUT2D eigenvalue weighted by atomic mass is 35.5. The van der Waals surface area contributed by atoms with E-state index in [1.54, 1.807) is 24.3 Å². The molecule has 0 spiro atoms. The standard InChI is InChI=1S/C17H14ClF3N4O/c1-8-6-11-13(12(26)7-8)14(9-2-4-10(18)5-3-9)25-16(22-11)23-15(24-25)17(19,20)21/h2-5,8,14H,6-7H2,1H3,(H,22,23,24)/t8-,14-/m1/s1. The van der Waals surface area contributed by atoms with Crippen molar-refractivity contribution in [2.45, 2.75) is 32.0 Å². The van der Waals surface area contributed by atoms with Crippen molar-refractivity contribution in [1.29, 1.82) is 0 Å². The maximum absolute atomic E-state index is 13.1. The fourth-order valence-electron chi connectivity index (χ4n) is 3.48. The van der Waals surface area contributed by atoms with Gasteiger partial charge in [-0.15, -0.1) is 5.10 Å². The number of rotatable bonds is 1. The van der Waals surface area contributed by atoms with Crippen LogP contribution in [-0.2, 0) is 11.0 Å². The number of alkyl halides is 3. The Hall–Kier alpha value is -2.35. The number of carbonyl (C=O) groups excluding carboxylic acids is 1. The molecule has 2 heterocycles. The van der Waals surface area contributed by atoms with Gasteiger partial charge in [0.25, 0.3) is 5.82 Å². The number of benzene rings is 1. The van der Waals surface area contributed by atoms with Crippen LogP contribution in [0.5, 0.6) is 0 Å². The summed E-state index contributed by atoms with van der Waals surface area (Å²) in [7, 11) is 0. The van der Waals surface area contributed by atoms with Gasteiger partial charge in [0, 0.05) is 22.7 Å². The third kappa shape index (κ3) is 2.78. The summed E-state index contributed by atoms with van der Waals surface area (Å²) in [4.78, 5) is 16.3. The maximum Gasteiger partial charge on any atom is 0.453 e. The van der Waals surface area contributed by atoms with Crippen molar-refractivity contribution in [1.82, 2.24) is 14.8 Å². The van der Waals surface area contributed by atoms with Gasteiger partial charge >= 0.3 is 6.18 Å². The number of Topliss-reactive ketones (excluding diaryl/α,β-unsaturated/α-hetero) is 1. The third-order valence-electron chi connectivity index (χ3n) is 4.56. The molecule has 2 atom stereocenters. The summed E-state index contributed by atoms with van der Waals surface area (Å²) in [6.45, 7) is 1.93. The average Bonchev–Trinajstić information content (AvgIpc) is 2.97. The molecular formula is C17H14ClF3N4O. The molecule has 0 radical (unpaired) electrons. The van der Waals surface area contributed by atoms with Gasteiger partial charge in [0.15, 0.2) is 5.78 Å². The molecule has 26 heavy (non-hydrogen) atoms. The fraction of sp³-hybridized carbons (Fsp3) is 0.353. The summed E-state index contributed by atoms with van der Waals surface area (Å²) in [6, 6.07) is 5.88. The van der Waals surface area contributed by atoms with Crippen LogP contribution in [0.25, 0.3) is 0 Å². The highest BCUT2D eigenvalue weighted by molar-refractivity contribution is 6.30. The van der Waals surface area contributed by atoms with E-state index in [1.807, 2.05) is 6.92 Å². The Balaban J connectivity index is 1.90. The summed E-state index contributed by atoms with van der Waals surface area (Å²) < 4.78 is 40.4. The van der Waals surface area contributed by atoms with Crippen molar-refractivity contribution < 1.29 is 18.0 Å². The molecular weight excluding hydrogens is 369 g/mol. The molecule has 0 saturated heterocycles. The van der Waals surface area contributed by atoms with Crippen molar-refractivity contribution in [3.63, 3.8) is 0 Å². The summed E-state index contributed by atoms with van der Waals surface area (Å²) in [5, 5.41) is 7.03. The van der Waals surface area contributed by atoms with Crippen LogP contribution in [0.15, 0.2) is 35.5 Å². The zero-order valence-electron chi connectivity index (χ0n) is 13.6. The molecule has 0 saturated carbocycles. The lowest BCUT2D eigenvalue weighted by Crippen LogP contribution is -2.33. The highest BCUT2D eigenvalue weighted by Crippen LogP contribution is 2.42. The number of fused-ring (bicyclic) bond motifs is 1. The first kappa shape index (κ1) is 17.1. The normalized spacial score (nSPS) is 22.7. The number of hydrogen-bond acceptors (Lipinski definition) is 4. The van der Waals surface area contributed by atoms with E-state index in [1.165, 1.54) is 0 Å². The number of carbonyl (C=O) groups is 1. The Morgan fingerprint density at radius 3 is 2.58 bits per heavy atom. The third-order valence-corrected chi connectivity index (χ3v) is 4.82. The van der Waals surface area contributed by atoms with Gasteiger partial charge in [-0.3, -0.25) is 4.79 Å². The van der Waals surface area contributed by atoms with Gasteiger partial charge in [-0.25, -0.2) is 4.68 Å². The first-order valence-corrected chi connectivity index (χ1v) is 8.44. The van der Waals surface area contributed by atoms with E-state index in [-0.39, 0.29) is 17.6 Å². The second kappa shape index (κ2) is 5.84. The first-order valence-electron chi connectivity index (χ1n) is 8.06. The lowest BCUT2D eigenvalue weighted by Gasteiger charge is -2.34. The van der Waals surface area contributed by atoms with Crippen LogP contribution in [0.4, 0.5) is 19.1 Å². The molecule has 1 aliphatic heterocycles. The lowest BCUT2D eigenvalue weighted by atomic mass is 9.81. The minimum Gasteiger partial charge on any atom is -0.328 e. The molecule has 1 aromatic carbocycles. The molecule has 2 aromatic rings. The van der Waals surface area contributed by atoms with E-state index in [9.17, 15) is 18.0 Å². The number of hydrogen-bond donors (Lipinski definition) is 1. The number of anilines is 1. The Morgan fingerprint density at radius 1 is 1.23 bits per heavy atom. The molecule has 2 aliphatic rings. The molecule has 5 nitrogen and oxygen atoms in total. The van der Waals surface area contributed by atoms with Crippen molar-refractivity contribution >= 4 is 23.3 Å². The summed E-state index contributed by atoms with van der Waals surface area (Å²) >= 11 is 5.93. The number of halogens is 4. The van der Waals surface area contributed by atoms with Gasteiger partial charge in [0.2, 0.25) is 5.95 Å². The Labute approximate surface area is 151 Å². The van der Waals surface area contributed by atoms with Crippen LogP contribution in [-0.4, -0.2) is 20.5 Å². The lowest BCUT2D eigenvalue weighted by molar-refractivity contribution is -0.145. The van der Waals surface area contributed by atoms with Crippen molar-refractivity contribution in [2.24, 2.45) is 5.92 Å². The minimum absolute atomic E-state index is 0.0158. The zero-order valence-corrected chi connectivity index (χ0v) is 14.4. The van der Waals surface area contributed by atoms with Crippen molar-refractivity contribution in [3.05, 3.63) is 51.9 Å². The molecule has 0 fully saturated rings. The predicted molar refractivity (Wildman–Crippen MR) is 88.7 cm³/mol. The van der Waals surface area contributed by atoms with E-state index in [0.717, 1.165) is 4.68 Å². The number of allylic oxidation sites excluding steroid dienone is 2. The van der Waals surface area contributed by atoms with Gasteiger partial charge in [-0.1, -0.05) is 30.7 Å². The van der Waals surface area contributed by atoms with Crippen LogP contribution in [0, 0.1) is 5.92 Å². The number of ketones is 1. The second-order valence-electron chi connectivity index (χ2n) is 6.61. The number of nitrogens with zero attached hydrogens (tertiary/aromatic N) is 3. The molecule has 0 amide bonds. The SMILES string of the molecule is C[C@H]1CC(=O)C2=C(C1)Nc1nc(C(F)(F)F)nn1[C@@H]2c1ccc(Cl)cc1. The second-order valence-corrected chi connectivity index (χ2v) is 7.05. The van der Waals surface area contributed by atoms with Crippen LogP contribution < -0.4 is 5.32 Å². The average molecular weight is 383 g/mol. The van der Waals surface area contributed by atoms with Crippen LogP contribution in [0.3, 0.4) is 0 Å². The fourth-order valence-corrected chi connectivity index (χ4v) is 3.61. The van der Waals surface area contributed by atoms with Crippen molar-refractivity contribution in [3.8, 4) is 0 Å². The van der Waals surface area contributed by atoms with Gasteiger partial charge in [-0.05, 0) is 30.0 Å². The van der Waals surface area contributed by atoms with E-state index < -0.39 is 18.0 Å². The smallest absolute Gasteiger partial charge is 0.328 e. The zero-order chi connectivity index (χ0) is 18.6. The van der Waals surface area contributed by atoms with Crippen LogP contribution >= 0.6 is 11.6 Å². The molecule has 1 aromatic heterocycles. The number of aromatic nitrogens is 3. The van der Waals surface area contributed by atoms with Crippen molar-refractivity contribution in [2.75, 3.05) is 5.32 Å². The maximum atomic E-state index is 13.1. The predicted octanol–water partition coefficient (Wildman–Crippen LogP) is 4.22. The molecule has 0 unspecified atom stereocenters. The number of nitrogens with one attached hydrogen (secondary N) is 1. The van der Waals surface area contributed by atoms with Gasteiger partial charge in [0.05, 0.1) is 0 Å². The quantitative estimate of drug-likeness (QED) is 0.802. The summed E-state index contributed by atoms with van der Waals surface area (Å²) in [5.74, 6) is -1.24. The topological polar surface area (TPSA) is 59.8 Å². The van der Waals surface area contributed by atoms with E-state index in [4.69, 9.17) is 11.6 Å². The molecule has 0 bridgehead atoms. The van der Waals surface area contributed by atoms with Gasteiger partial charge < -0.3 is 5.32 Å². The monoisotopic (exact) mass is 382 g/mol. The van der Waals surface area contributed by atoms with E-state index >= 15 is 0 Å². The molecule has 4 rings (SSSR count). The Kier molecular flexibility index (Phi) is 3.83. The van der Waals surface area contributed by atoms with Crippen LogP contribution in [0.2, 0.25) is 5.02 Å². The van der Waals surface area contributed by atoms with Gasteiger partial charge in [0.1, 0.15) is 6.04 Å². The molecule has 1 N–H and O–H groups in total. The highest BCUT2D eigenvalue weighted by Gasteiger charge is 2.42. The van der Waals surface area contributed by atoms with E-state index in [0.29, 0.717) is 34.7 Å². The van der Waals surface area contributed by atoms with Gasteiger partial charge in [-0.2, -0.15) is 18.2 Å². The molecule has 136 valence electrons. The Morgan fingerprint density at radius 2 is 1.92 bits per heavy atom. The Bertz CT molecular complexity index is 917. The van der Waals surface area contributed by atoms with E-state index in [2.05, 4.69) is 15.4 Å². The minimum atomic E-state index is -4.67. The molecule has 1 aliphatic carbocycles. The summed E-state index contributed by atoms with van der Waals surface area (Å²) in [6.07, 6.45) is -3.76. The van der Waals surface area contributed by atoms with Crippen LogP contribution in [0.1, 0.15) is 37.2 Å². The largest absolute Gasteiger partial charge is 0.453 e. The summed E-state index contributed by atoms with van der Waals surface area (Å²) in [5.41, 5.74) is 1.69. The first-order chi connectivity index (χ1) is 12.2. The molecule has 9 heteroatoms.